The molecule has 4 heteroatoms. The number of hydrogen-bond donors (Lipinski definition) is 0. The Morgan fingerprint density at radius 1 is 0.500 bits per heavy atom. The number of benzene rings is 5. The predicted octanol–water partition coefficient (Wildman–Crippen LogP) is 14.4. The predicted molar refractivity (Wildman–Crippen MR) is 268 cm³/mol. The molecule has 0 bridgehead atoms. The van der Waals surface area contributed by atoms with Crippen molar-refractivity contribution in [2.45, 2.75) is 169 Å². The van der Waals surface area contributed by atoms with Crippen molar-refractivity contribution in [3.05, 3.63) is 123 Å². The molecule has 0 atom stereocenters. The van der Waals surface area contributed by atoms with Crippen LogP contribution in [-0.4, -0.2) is 6.71 Å². The highest BCUT2D eigenvalue weighted by Crippen LogP contribution is 2.53. The second-order valence-electron chi connectivity index (χ2n) is 24.6. The van der Waals surface area contributed by atoms with Gasteiger partial charge in [0.25, 0.3) is 6.71 Å². The van der Waals surface area contributed by atoms with Crippen molar-refractivity contribution >= 4 is 68.4 Å². The van der Waals surface area contributed by atoms with Gasteiger partial charge in [-0.3, -0.25) is 4.90 Å². The molecular weight excluding hydrogens is 751 g/mol. The van der Waals surface area contributed by atoms with Crippen LogP contribution in [0.1, 0.15) is 167 Å². The van der Waals surface area contributed by atoms with Gasteiger partial charge in [0.1, 0.15) is 5.58 Å². The third-order valence-electron chi connectivity index (χ3n) is 16.1. The van der Waals surface area contributed by atoms with Gasteiger partial charge in [-0.2, -0.15) is 0 Å². The zero-order valence-electron chi connectivity index (χ0n) is 40.7. The summed E-state index contributed by atoms with van der Waals surface area (Å²) < 4.78 is 7.55. The Labute approximate surface area is 373 Å². The molecule has 0 unspecified atom stereocenters. The van der Waals surface area contributed by atoms with Crippen LogP contribution in [0.3, 0.4) is 0 Å². The first kappa shape index (κ1) is 41.3. The lowest BCUT2D eigenvalue weighted by atomic mass is 9.33. The van der Waals surface area contributed by atoms with Gasteiger partial charge in [-0.05, 0) is 176 Å². The zero-order chi connectivity index (χ0) is 44.4. The van der Waals surface area contributed by atoms with Crippen LogP contribution < -0.4 is 26.2 Å². The highest BCUT2D eigenvalue weighted by atomic mass is 16.4. The van der Waals surface area contributed by atoms with Gasteiger partial charge in [0.05, 0.1) is 5.69 Å². The Hall–Kier alpha value is -4.70. The lowest BCUT2D eigenvalue weighted by Crippen LogP contribution is -2.61. The number of fused-ring (bicyclic) bond motifs is 8. The van der Waals surface area contributed by atoms with E-state index in [0.717, 1.165) is 17.9 Å². The smallest absolute Gasteiger partial charge is 0.257 e. The average molecular weight is 821 g/mol. The summed E-state index contributed by atoms with van der Waals surface area (Å²) in [4.78, 5) is 5.13. The molecule has 4 aliphatic rings. The second-order valence-corrected chi connectivity index (χ2v) is 24.6. The maximum atomic E-state index is 7.55. The largest absolute Gasteiger partial charge is 0.440 e. The van der Waals surface area contributed by atoms with Crippen molar-refractivity contribution in [2.75, 3.05) is 9.80 Å². The molecule has 0 saturated carbocycles. The lowest BCUT2D eigenvalue weighted by Gasteiger charge is -2.45. The molecule has 2 aliphatic heterocycles. The Bertz CT molecular complexity index is 2850. The Balaban J connectivity index is 1.34. The fraction of sp³-hybridized carbons (Fsp3) is 0.448. The second kappa shape index (κ2) is 13.0. The van der Waals surface area contributed by atoms with E-state index in [1.165, 1.54) is 114 Å². The SMILES string of the molecule is Cc1cc2c3c(c1)N(c1cc4c(cc1C)C(C)(C)CCC4(C)C)c1oc4cc5c(cc4c1B3c1cc(C(C)(C)C)ccc1N2c1ccc(C(C)(C)C)cc1)C(C)(C)CCC5(C)C. The van der Waals surface area contributed by atoms with E-state index in [4.69, 9.17) is 4.42 Å². The number of aryl methyl sites for hydroxylation is 2. The van der Waals surface area contributed by atoms with Gasteiger partial charge < -0.3 is 9.32 Å². The average Bonchev–Trinajstić information content (AvgIpc) is 3.55. The molecule has 0 spiro atoms. The number of anilines is 6. The fourth-order valence-electron chi connectivity index (χ4n) is 11.8. The van der Waals surface area contributed by atoms with Gasteiger partial charge >= 0.3 is 0 Å². The summed E-state index contributed by atoms with van der Waals surface area (Å²) in [5.74, 6) is 0.970. The highest BCUT2D eigenvalue weighted by molar-refractivity contribution is 7.01. The maximum Gasteiger partial charge on any atom is 0.257 e. The molecule has 3 nitrogen and oxygen atoms in total. The van der Waals surface area contributed by atoms with E-state index in [9.17, 15) is 0 Å². The summed E-state index contributed by atoms with van der Waals surface area (Å²) in [6.45, 7) is 38.1. The van der Waals surface area contributed by atoms with Crippen LogP contribution in [0.25, 0.3) is 11.0 Å². The molecule has 2 aliphatic carbocycles. The Kier molecular flexibility index (Phi) is 8.63. The maximum absolute atomic E-state index is 7.55. The van der Waals surface area contributed by atoms with Crippen LogP contribution in [0.2, 0.25) is 0 Å². The summed E-state index contributed by atoms with van der Waals surface area (Å²) in [6, 6.07) is 31.7. The standard InChI is InChI=1S/C58H69BN2O/c1-34-27-47-51-48(28-34)61(46-32-42-40(29-35(46)2)55(9,10)23-25-57(42,13)14)52-50(39-31-41-43(33-49(39)62-52)58(15,16)26-24-56(41,11)12)59(51)44-30-37(54(6,7)8)19-22-45(44)60(47)38-20-17-36(18-21-38)53(3,4)5/h17-22,27-33H,23-26H2,1-16H3. The first-order chi connectivity index (χ1) is 28.8. The third kappa shape index (κ3) is 6.04. The monoisotopic (exact) mass is 821 g/mol. The van der Waals surface area contributed by atoms with Gasteiger partial charge in [0.15, 0.2) is 0 Å². The molecule has 0 saturated heterocycles. The minimum atomic E-state index is -0.0263. The number of rotatable bonds is 2. The number of hydrogen-bond acceptors (Lipinski definition) is 3. The van der Waals surface area contributed by atoms with E-state index in [1.807, 2.05) is 0 Å². The highest BCUT2D eigenvalue weighted by Gasteiger charge is 2.49. The molecule has 62 heavy (non-hydrogen) atoms. The summed E-state index contributed by atoms with van der Waals surface area (Å²) in [5, 5.41) is 1.25. The van der Waals surface area contributed by atoms with Crippen molar-refractivity contribution in [1.29, 1.82) is 0 Å². The van der Waals surface area contributed by atoms with E-state index >= 15 is 0 Å². The minimum absolute atomic E-state index is 0.0257. The Morgan fingerprint density at radius 3 is 1.56 bits per heavy atom. The lowest BCUT2D eigenvalue weighted by molar-refractivity contribution is 0.332. The van der Waals surface area contributed by atoms with Crippen molar-refractivity contribution < 1.29 is 4.42 Å². The molecule has 0 N–H and O–H groups in total. The van der Waals surface area contributed by atoms with E-state index < -0.39 is 0 Å². The van der Waals surface area contributed by atoms with Crippen molar-refractivity contribution in [2.24, 2.45) is 0 Å². The van der Waals surface area contributed by atoms with Gasteiger partial charge in [0.2, 0.25) is 5.88 Å². The molecule has 0 radical (unpaired) electrons. The number of nitrogens with zero attached hydrogens (tertiary/aromatic N) is 2. The van der Waals surface area contributed by atoms with E-state index in [0.29, 0.717) is 0 Å². The van der Waals surface area contributed by atoms with Gasteiger partial charge in [-0.15, -0.1) is 0 Å². The normalized spacial score (nSPS) is 19.1. The molecule has 6 aromatic rings. The molecule has 3 heterocycles. The van der Waals surface area contributed by atoms with Crippen LogP contribution in [0.4, 0.5) is 34.3 Å². The van der Waals surface area contributed by atoms with Crippen LogP contribution in [0.15, 0.2) is 83.3 Å². The van der Waals surface area contributed by atoms with E-state index in [1.54, 1.807) is 0 Å². The zero-order valence-corrected chi connectivity index (χ0v) is 40.7. The Morgan fingerprint density at radius 2 is 1.00 bits per heavy atom. The molecule has 0 amide bonds. The van der Waals surface area contributed by atoms with Gasteiger partial charge in [0, 0.05) is 33.6 Å². The minimum Gasteiger partial charge on any atom is -0.440 e. The van der Waals surface area contributed by atoms with Crippen molar-refractivity contribution in [1.82, 2.24) is 0 Å². The van der Waals surface area contributed by atoms with Gasteiger partial charge in [-0.1, -0.05) is 127 Å². The number of furan rings is 1. The van der Waals surface area contributed by atoms with Crippen molar-refractivity contribution in [3.63, 3.8) is 0 Å². The topological polar surface area (TPSA) is 19.6 Å². The van der Waals surface area contributed by atoms with Crippen LogP contribution in [-0.2, 0) is 32.5 Å². The first-order valence-corrected chi connectivity index (χ1v) is 23.6. The molecule has 10 rings (SSSR count). The molecule has 5 aromatic carbocycles. The third-order valence-corrected chi connectivity index (χ3v) is 16.1. The summed E-state index contributed by atoms with van der Waals surface area (Å²) >= 11 is 0. The summed E-state index contributed by atoms with van der Waals surface area (Å²) in [6.07, 6.45) is 4.69. The molecule has 1 aromatic heterocycles. The first-order valence-electron chi connectivity index (χ1n) is 23.6. The van der Waals surface area contributed by atoms with Crippen molar-refractivity contribution in [3.8, 4) is 0 Å². The van der Waals surface area contributed by atoms with E-state index in [2.05, 4.69) is 199 Å². The van der Waals surface area contributed by atoms with Crippen LogP contribution in [0, 0.1) is 13.8 Å². The summed E-state index contributed by atoms with van der Waals surface area (Å²) in [5.41, 5.74) is 22.6. The summed E-state index contributed by atoms with van der Waals surface area (Å²) in [7, 11) is 0. The molecule has 320 valence electrons. The fourth-order valence-corrected chi connectivity index (χ4v) is 11.8. The quantitative estimate of drug-likeness (QED) is 0.162. The van der Waals surface area contributed by atoms with Crippen LogP contribution in [0.5, 0.6) is 0 Å². The molecule has 0 fully saturated rings. The van der Waals surface area contributed by atoms with Gasteiger partial charge in [-0.25, -0.2) is 0 Å². The molecular formula is C58H69BN2O. The van der Waals surface area contributed by atoms with Crippen LogP contribution >= 0.6 is 0 Å². The van der Waals surface area contributed by atoms with E-state index in [-0.39, 0.29) is 39.2 Å².